The zero-order chi connectivity index (χ0) is 14.1. The molecule has 1 aromatic rings. The van der Waals surface area contributed by atoms with E-state index in [2.05, 4.69) is 28.7 Å². The summed E-state index contributed by atoms with van der Waals surface area (Å²) in [4.78, 5) is 5.41. The fraction of sp³-hybridized carbons (Fsp3) is 0.812. The van der Waals surface area contributed by atoms with E-state index in [1.807, 2.05) is 17.9 Å². The molecule has 4 heteroatoms. The van der Waals surface area contributed by atoms with Crippen LogP contribution in [0.1, 0.15) is 37.4 Å². The second-order valence-electron chi connectivity index (χ2n) is 6.67. The van der Waals surface area contributed by atoms with Gasteiger partial charge in [-0.05, 0) is 38.6 Å². The van der Waals surface area contributed by atoms with Crippen molar-refractivity contribution in [2.45, 2.75) is 45.7 Å². The Hall–Kier alpha value is -0.870. The second-order valence-corrected chi connectivity index (χ2v) is 6.67. The standard InChI is InChI=1S/C16H28N4/c1-4-7-20-10-14-5-6-16(20)12-19(9-14)11-15-8-17-18(3)13(15)2/h8,14,16H,4-7,9-12H2,1-3H3/t14-,16+/m1/s1. The average Bonchev–Trinajstić information content (AvgIpc) is 2.62. The van der Waals surface area contributed by atoms with Crippen LogP contribution in [-0.4, -0.2) is 51.8 Å². The van der Waals surface area contributed by atoms with Gasteiger partial charge in [0.15, 0.2) is 0 Å². The van der Waals surface area contributed by atoms with Crippen molar-refractivity contribution in [1.29, 1.82) is 0 Å². The molecule has 3 aliphatic heterocycles. The Morgan fingerprint density at radius 3 is 2.80 bits per heavy atom. The molecule has 4 nitrogen and oxygen atoms in total. The lowest BCUT2D eigenvalue weighted by Gasteiger charge is -2.35. The van der Waals surface area contributed by atoms with Crippen molar-refractivity contribution in [3.8, 4) is 0 Å². The zero-order valence-corrected chi connectivity index (χ0v) is 13.2. The van der Waals surface area contributed by atoms with E-state index in [1.165, 1.54) is 56.7 Å². The van der Waals surface area contributed by atoms with Crippen molar-refractivity contribution in [2.75, 3.05) is 26.2 Å². The number of hydrogen-bond donors (Lipinski definition) is 0. The van der Waals surface area contributed by atoms with Gasteiger partial charge in [-0.15, -0.1) is 0 Å². The Bertz CT molecular complexity index is 453. The van der Waals surface area contributed by atoms with Gasteiger partial charge < -0.3 is 0 Å². The molecule has 2 atom stereocenters. The lowest BCUT2D eigenvalue weighted by atomic mass is 9.95. The first kappa shape index (κ1) is 14.1. The topological polar surface area (TPSA) is 24.3 Å². The van der Waals surface area contributed by atoms with Crippen LogP contribution in [0.15, 0.2) is 6.20 Å². The molecule has 112 valence electrons. The van der Waals surface area contributed by atoms with Crippen LogP contribution >= 0.6 is 0 Å². The van der Waals surface area contributed by atoms with E-state index in [1.54, 1.807) is 0 Å². The van der Waals surface area contributed by atoms with E-state index in [-0.39, 0.29) is 0 Å². The number of fused-ring (bicyclic) bond motifs is 4. The maximum Gasteiger partial charge on any atom is 0.0537 e. The van der Waals surface area contributed by atoms with Gasteiger partial charge in [0.2, 0.25) is 0 Å². The summed E-state index contributed by atoms with van der Waals surface area (Å²) in [6, 6.07) is 0.783. The molecule has 3 saturated heterocycles. The summed E-state index contributed by atoms with van der Waals surface area (Å²) in [5, 5.41) is 4.38. The first-order valence-corrected chi connectivity index (χ1v) is 8.11. The fourth-order valence-electron chi connectivity index (χ4n) is 3.91. The van der Waals surface area contributed by atoms with Crippen LogP contribution in [0.25, 0.3) is 0 Å². The van der Waals surface area contributed by atoms with E-state index in [0.29, 0.717) is 0 Å². The summed E-state index contributed by atoms with van der Waals surface area (Å²) >= 11 is 0. The number of aryl methyl sites for hydroxylation is 1. The highest BCUT2D eigenvalue weighted by atomic mass is 15.3. The van der Waals surface area contributed by atoms with E-state index >= 15 is 0 Å². The van der Waals surface area contributed by atoms with E-state index < -0.39 is 0 Å². The molecule has 0 radical (unpaired) electrons. The minimum Gasteiger partial charge on any atom is -0.299 e. The number of aromatic nitrogens is 2. The van der Waals surface area contributed by atoms with Crippen LogP contribution in [0.2, 0.25) is 0 Å². The quantitative estimate of drug-likeness (QED) is 0.841. The van der Waals surface area contributed by atoms with Crippen LogP contribution in [0.3, 0.4) is 0 Å². The molecule has 3 fully saturated rings. The third kappa shape index (κ3) is 2.77. The summed E-state index contributed by atoms with van der Waals surface area (Å²) in [5.74, 6) is 0.872. The molecule has 0 N–H and O–H groups in total. The first-order chi connectivity index (χ1) is 9.67. The maximum absolute atomic E-state index is 4.38. The van der Waals surface area contributed by atoms with Crippen LogP contribution in [0.5, 0.6) is 0 Å². The molecular formula is C16H28N4. The minimum atomic E-state index is 0.783. The van der Waals surface area contributed by atoms with Gasteiger partial charge in [-0.3, -0.25) is 14.5 Å². The lowest BCUT2D eigenvalue weighted by molar-refractivity contribution is 0.131. The number of nitrogens with zero attached hydrogens (tertiary/aromatic N) is 4. The minimum absolute atomic E-state index is 0.783. The Balaban J connectivity index is 1.68. The van der Waals surface area contributed by atoms with Gasteiger partial charge in [-0.2, -0.15) is 5.10 Å². The lowest BCUT2D eigenvalue weighted by Crippen LogP contribution is -2.44. The maximum atomic E-state index is 4.38. The van der Waals surface area contributed by atoms with Crippen LogP contribution < -0.4 is 0 Å². The van der Waals surface area contributed by atoms with Gasteiger partial charge in [0.1, 0.15) is 0 Å². The normalized spacial score (nSPS) is 27.9. The van der Waals surface area contributed by atoms with Crippen LogP contribution in [0.4, 0.5) is 0 Å². The van der Waals surface area contributed by atoms with Crippen LogP contribution in [-0.2, 0) is 13.6 Å². The first-order valence-electron chi connectivity index (χ1n) is 8.11. The van der Waals surface area contributed by atoms with Crippen LogP contribution in [0, 0.1) is 12.8 Å². The van der Waals surface area contributed by atoms with Crippen molar-refractivity contribution in [1.82, 2.24) is 19.6 Å². The average molecular weight is 276 g/mol. The highest BCUT2D eigenvalue weighted by molar-refractivity contribution is 5.15. The molecule has 0 aliphatic carbocycles. The van der Waals surface area contributed by atoms with Crippen molar-refractivity contribution in [2.24, 2.45) is 13.0 Å². The molecule has 1 aromatic heterocycles. The highest BCUT2D eigenvalue weighted by Crippen LogP contribution is 2.29. The van der Waals surface area contributed by atoms with Gasteiger partial charge in [0.25, 0.3) is 0 Å². The predicted molar refractivity (Wildman–Crippen MR) is 81.6 cm³/mol. The molecule has 0 unspecified atom stereocenters. The van der Waals surface area contributed by atoms with Gasteiger partial charge in [-0.25, -0.2) is 0 Å². The summed E-state index contributed by atoms with van der Waals surface area (Å²) < 4.78 is 1.99. The summed E-state index contributed by atoms with van der Waals surface area (Å²) in [7, 11) is 2.04. The summed E-state index contributed by atoms with van der Waals surface area (Å²) in [6.45, 7) is 10.7. The molecule has 3 aliphatic rings. The Morgan fingerprint density at radius 1 is 1.25 bits per heavy atom. The number of piperidine rings is 1. The molecule has 0 aromatic carbocycles. The van der Waals surface area contributed by atoms with Gasteiger partial charge in [0.05, 0.1) is 6.20 Å². The Labute approximate surface area is 122 Å². The third-order valence-electron chi connectivity index (χ3n) is 5.14. The molecule has 0 spiro atoms. The summed E-state index contributed by atoms with van der Waals surface area (Å²) in [5.41, 5.74) is 2.71. The molecule has 20 heavy (non-hydrogen) atoms. The summed E-state index contributed by atoms with van der Waals surface area (Å²) in [6.07, 6.45) is 6.15. The van der Waals surface area contributed by atoms with E-state index in [9.17, 15) is 0 Å². The Kier molecular flexibility index (Phi) is 4.13. The van der Waals surface area contributed by atoms with E-state index in [0.717, 1.165) is 18.5 Å². The smallest absolute Gasteiger partial charge is 0.0537 e. The van der Waals surface area contributed by atoms with Gasteiger partial charge in [0, 0.05) is 50.5 Å². The molecule has 2 bridgehead atoms. The fourth-order valence-corrected chi connectivity index (χ4v) is 3.91. The Morgan fingerprint density at radius 2 is 2.10 bits per heavy atom. The van der Waals surface area contributed by atoms with Crippen molar-refractivity contribution < 1.29 is 0 Å². The van der Waals surface area contributed by atoms with Crippen molar-refractivity contribution >= 4 is 0 Å². The molecule has 4 rings (SSSR count). The molecular weight excluding hydrogens is 248 g/mol. The third-order valence-corrected chi connectivity index (χ3v) is 5.14. The SMILES string of the molecule is CCCN1C[C@@H]2CC[C@H]1CN(Cc1cnn(C)c1C)C2. The highest BCUT2D eigenvalue weighted by Gasteiger charge is 2.34. The molecule has 0 amide bonds. The second kappa shape index (κ2) is 5.86. The van der Waals surface area contributed by atoms with Crippen molar-refractivity contribution in [3.05, 3.63) is 17.5 Å². The van der Waals surface area contributed by atoms with Gasteiger partial charge in [-0.1, -0.05) is 6.92 Å². The number of hydrogen-bond acceptors (Lipinski definition) is 3. The van der Waals surface area contributed by atoms with Crippen molar-refractivity contribution in [3.63, 3.8) is 0 Å². The monoisotopic (exact) mass is 276 g/mol. The van der Waals surface area contributed by atoms with Gasteiger partial charge >= 0.3 is 0 Å². The molecule has 0 saturated carbocycles. The molecule has 4 heterocycles. The largest absolute Gasteiger partial charge is 0.299 e. The zero-order valence-electron chi connectivity index (χ0n) is 13.2. The predicted octanol–water partition coefficient (Wildman–Crippen LogP) is 2.03. The number of rotatable bonds is 4. The van der Waals surface area contributed by atoms with E-state index in [4.69, 9.17) is 0 Å².